The van der Waals surface area contributed by atoms with Gasteiger partial charge >= 0.3 is 18.2 Å². The molecule has 3 heterocycles. The van der Waals surface area contributed by atoms with Crippen molar-refractivity contribution in [2.24, 2.45) is 4.99 Å². The molecule has 53 heavy (non-hydrogen) atoms. The van der Waals surface area contributed by atoms with E-state index in [4.69, 9.17) is 31.5 Å². The number of ether oxygens (including phenoxy) is 3. The molecule has 2 aromatic heterocycles. The first kappa shape index (κ1) is 37.5. The molecule has 1 aliphatic rings. The summed E-state index contributed by atoms with van der Waals surface area (Å²) in [6, 6.07) is 16.3. The number of fused-ring (bicyclic) bond motifs is 2. The van der Waals surface area contributed by atoms with E-state index in [1.165, 1.54) is 23.6 Å². The molecule has 2 atom stereocenters. The summed E-state index contributed by atoms with van der Waals surface area (Å²) in [5.74, 6) is -1.01. The van der Waals surface area contributed by atoms with Crippen molar-refractivity contribution in [2.75, 3.05) is 23.7 Å². The molecule has 2 N–H and O–H groups in total. The van der Waals surface area contributed by atoms with E-state index < -0.39 is 47.3 Å². The number of nitrogen functional groups attached to an aromatic ring is 1. The summed E-state index contributed by atoms with van der Waals surface area (Å²) in [6.07, 6.45) is -0.0896. The number of carbonyl (C=O) groups excluding carboxylic acids is 3. The Labute approximate surface area is 311 Å². The third-order valence-corrected chi connectivity index (χ3v) is 9.01. The number of nitrogens with two attached hydrogens (primary N) is 1. The van der Waals surface area contributed by atoms with Gasteiger partial charge in [0.1, 0.15) is 23.1 Å². The molecule has 0 spiro atoms. The second-order valence-corrected chi connectivity index (χ2v) is 15.6. The Morgan fingerprint density at radius 2 is 1.68 bits per heavy atom. The van der Waals surface area contributed by atoms with E-state index in [1.54, 1.807) is 76.6 Å². The topological polar surface area (TPSA) is 135 Å². The van der Waals surface area contributed by atoms with Crippen LogP contribution in [0.2, 0.25) is 5.02 Å². The van der Waals surface area contributed by atoms with Crippen LogP contribution in [0.4, 0.5) is 25.4 Å². The van der Waals surface area contributed by atoms with Crippen molar-refractivity contribution >= 4 is 63.1 Å². The van der Waals surface area contributed by atoms with Gasteiger partial charge in [0.25, 0.3) is 0 Å². The van der Waals surface area contributed by atoms with Gasteiger partial charge in [-0.1, -0.05) is 23.7 Å². The molecule has 14 heteroatoms. The molecule has 1 aliphatic heterocycles. The number of nitrogens with zero attached hydrogens (tertiary/aromatic N) is 5. The number of aromatic nitrogens is 3. The lowest BCUT2D eigenvalue weighted by Gasteiger charge is -2.40. The molecule has 1 amide bonds. The zero-order chi connectivity index (χ0) is 38.4. The van der Waals surface area contributed by atoms with Crippen molar-refractivity contribution in [2.45, 2.75) is 84.8 Å². The van der Waals surface area contributed by atoms with Crippen molar-refractivity contribution < 1.29 is 33.0 Å². The highest BCUT2D eigenvalue weighted by Gasteiger charge is 2.36. The Morgan fingerprint density at radius 3 is 2.38 bits per heavy atom. The first-order valence-electron chi connectivity index (χ1n) is 17.4. The summed E-state index contributed by atoms with van der Waals surface area (Å²) in [5, 5.41) is 1.27. The van der Waals surface area contributed by atoms with Crippen LogP contribution >= 0.6 is 11.6 Å². The van der Waals surface area contributed by atoms with Crippen molar-refractivity contribution in [1.29, 1.82) is 0 Å². The summed E-state index contributed by atoms with van der Waals surface area (Å²) < 4.78 is 37.5. The quantitative estimate of drug-likeness (QED) is 0.109. The zero-order valence-electron chi connectivity index (χ0n) is 30.9. The molecule has 6 rings (SSSR count). The van der Waals surface area contributed by atoms with Crippen LogP contribution in [0.3, 0.4) is 0 Å². The predicted molar refractivity (Wildman–Crippen MR) is 202 cm³/mol. The summed E-state index contributed by atoms with van der Waals surface area (Å²) in [5.41, 5.74) is 8.58. The van der Waals surface area contributed by atoms with E-state index in [0.717, 1.165) is 10.9 Å². The summed E-state index contributed by atoms with van der Waals surface area (Å²) in [4.78, 5) is 45.7. The molecular formula is C39H44ClFN6O6. The molecule has 2 unspecified atom stereocenters. The lowest BCUT2D eigenvalue weighted by Crippen LogP contribution is -2.49. The number of anilines is 2. The van der Waals surface area contributed by atoms with E-state index in [-0.39, 0.29) is 18.7 Å². The van der Waals surface area contributed by atoms with Gasteiger partial charge in [0, 0.05) is 30.1 Å². The van der Waals surface area contributed by atoms with E-state index in [1.807, 2.05) is 33.7 Å². The van der Waals surface area contributed by atoms with Crippen LogP contribution in [-0.4, -0.2) is 62.3 Å². The fourth-order valence-corrected chi connectivity index (χ4v) is 6.94. The van der Waals surface area contributed by atoms with Gasteiger partial charge in [0.05, 0.1) is 47.1 Å². The largest absolute Gasteiger partial charge is 0.458 e. The Kier molecular flexibility index (Phi) is 10.1. The van der Waals surface area contributed by atoms with Gasteiger partial charge in [0.15, 0.2) is 0 Å². The Balaban J connectivity index is 1.53. The number of carbonyl (C=O) groups is 3. The molecule has 0 saturated carbocycles. The smallest absolute Gasteiger partial charge is 0.437 e. The SMILES string of the molecule is CC(=O)OC1CN(c2cc(Cl)ccc2N)CCC1n1c(=NC(=O)OC(C)(C)C)n(Cc2cccc3c2ccn3C(=O)OC(C)(C)C)c2ccc(F)cc21. The molecule has 0 radical (unpaired) electrons. The van der Waals surface area contributed by atoms with Gasteiger partial charge in [-0.05, 0) is 102 Å². The standard InChI is InChI=1S/C39H44ClFN6O6/c1-23(48)51-34-22-44(32-19-25(40)11-13-28(32)42)17-16-31(34)47-33-20-26(41)12-14-30(33)46(35(47)43-36(49)52-38(2,3)4)21-24-9-8-10-29-27(24)15-18-45(29)37(50)53-39(5,6)7/h8-15,18-20,31,34H,16-17,21-22,42H2,1-7H3. The minimum Gasteiger partial charge on any atom is -0.458 e. The maximum absolute atomic E-state index is 15.2. The summed E-state index contributed by atoms with van der Waals surface area (Å²) in [7, 11) is 0. The Hall–Kier alpha value is -5.30. The third kappa shape index (κ3) is 8.20. The number of halogens is 2. The molecule has 1 saturated heterocycles. The first-order valence-corrected chi connectivity index (χ1v) is 17.7. The maximum Gasteiger partial charge on any atom is 0.437 e. The highest BCUT2D eigenvalue weighted by atomic mass is 35.5. The van der Waals surface area contributed by atoms with Gasteiger partial charge < -0.3 is 34.0 Å². The van der Waals surface area contributed by atoms with Crippen molar-refractivity contribution in [1.82, 2.24) is 13.7 Å². The minimum atomic E-state index is -0.854. The summed E-state index contributed by atoms with van der Waals surface area (Å²) >= 11 is 6.33. The van der Waals surface area contributed by atoms with E-state index >= 15 is 4.39 Å². The Bertz CT molecular complexity index is 2300. The van der Waals surface area contributed by atoms with Crippen LogP contribution in [0.15, 0.2) is 71.9 Å². The predicted octanol–water partition coefficient (Wildman–Crippen LogP) is 7.82. The molecule has 0 aliphatic carbocycles. The molecule has 1 fully saturated rings. The van der Waals surface area contributed by atoms with E-state index in [0.29, 0.717) is 45.9 Å². The lowest BCUT2D eigenvalue weighted by atomic mass is 10.00. The van der Waals surface area contributed by atoms with Gasteiger partial charge in [-0.3, -0.25) is 9.36 Å². The van der Waals surface area contributed by atoms with E-state index in [9.17, 15) is 14.4 Å². The van der Waals surface area contributed by atoms with E-state index in [2.05, 4.69) is 4.99 Å². The van der Waals surface area contributed by atoms with Crippen molar-refractivity contribution in [3.63, 3.8) is 0 Å². The average Bonchev–Trinajstić information content (AvgIpc) is 3.60. The van der Waals surface area contributed by atoms with Gasteiger partial charge in [-0.15, -0.1) is 4.99 Å². The average molecular weight is 747 g/mol. The number of piperidine rings is 1. The van der Waals surface area contributed by atoms with Gasteiger partial charge in [-0.25, -0.2) is 14.0 Å². The first-order chi connectivity index (χ1) is 24.9. The Morgan fingerprint density at radius 1 is 0.943 bits per heavy atom. The number of imidazole rings is 1. The zero-order valence-corrected chi connectivity index (χ0v) is 31.6. The van der Waals surface area contributed by atoms with Crippen molar-refractivity contribution in [3.8, 4) is 0 Å². The molecule has 0 bridgehead atoms. The fourth-order valence-electron chi connectivity index (χ4n) is 6.77. The molecule has 3 aromatic carbocycles. The van der Waals surface area contributed by atoms with Crippen molar-refractivity contribution in [3.05, 3.63) is 88.9 Å². The molecule has 12 nitrogen and oxygen atoms in total. The van der Waals surface area contributed by atoms with Gasteiger partial charge in [-0.2, -0.15) is 0 Å². The van der Waals surface area contributed by atoms with Crippen LogP contribution in [-0.2, 0) is 25.5 Å². The van der Waals surface area contributed by atoms with Crippen LogP contribution in [0, 0.1) is 5.82 Å². The summed E-state index contributed by atoms with van der Waals surface area (Å²) in [6.45, 7) is 12.8. The number of esters is 1. The van der Waals surface area contributed by atoms with Crippen LogP contribution in [0.5, 0.6) is 0 Å². The minimum absolute atomic E-state index is 0.168. The third-order valence-electron chi connectivity index (χ3n) is 8.78. The fraction of sp³-hybridized carbons (Fsp3) is 0.385. The number of hydrogen-bond acceptors (Lipinski definition) is 8. The van der Waals surface area contributed by atoms with Gasteiger partial charge in [0.2, 0.25) is 5.62 Å². The number of rotatable bonds is 5. The monoisotopic (exact) mass is 746 g/mol. The highest BCUT2D eigenvalue weighted by Crippen LogP contribution is 2.35. The second-order valence-electron chi connectivity index (χ2n) is 15.2. The van der Waals surface area contributed by atoms with Crippen LogP contribution < -0.4 is 16.3 Å². The number of amides is 1. The van der Waals surface area contributed by atoms with Crippen LogP contribution in [0.25, 0.3) is 21.9 Å². The normalized spacial score (nSPS) is 17.0. The molecule has 5 aromatic rings. The highest BCUT2D eigenvalue weighted by molar-refractivity contribution is 6.31. The van der Waals surface area contributed by atoms with Crippen LogP contribution in [0.1, 0.15) is 66.5 Å². The molecular weight excluding hydrogens is 703 g/mol. The molecule has 280 valence electrons. The lowest BCUT2D eigenvalue weighted by molar-refractivity contribution is -0.148. The number of hydrogen-bond donors (Lipinski definition) is 1. The number of benzene rings is 3. The second kappa shape index (κ2) is 14.3. The maximum atomic E-state index is 15.2.